The Morgan fingerprint density at radius 2 is 2.00 bits per heavy atom. The molecule has 1 aromatic rings. The van der Waals surface area contributed by atoms with Gasteiger partial charge in [-0.05, 0) is 19.3 Å². The van der Waals surface area contributed by atoms with Crippen LogP contribution in [0, 0.1) is 0 Å². The molecule has 0 saturated carbocycles. The van der Waals surface area contributed by atoms with Gasteiger partial charge in [0.25, 0.3) is 0 Å². The number of nitrogens with one attached hydrogen (secondary N) is 2. The number of H-pyrrole nitrogens is 1. The summed E-state index contributed by atoms with van der Waals surface area (Å²) in [4.78, 5) is 33.2. The van der Waals surface area contributed by atoms with E-state index in [4.69, 9.17) is 9.47 Å². The largest absolute Gasteiger partial charge is 0.394 e. The molecule has 1 aliphatic heterocycles. The Kier molecular flexibility index (Phi) is 11.7. The van der Waals surface area contributed by atoms with Crippen molar-refractivity contribution in [3.8, 4) is 0 Å². The fraction of sp³-hybridized carbons (Fsp3) is 0.762. The van der Waals surface area contributed by atoms with Crippen molar-refractivity contribution in [2.75, 3.05) is 39.5 Å². The number of imidazole rings is 1. The number of β-amino-alcohol motifs (C(OH)–C–C–N with tert-alkyl or cyclic N) is 1. The highest BCUT2D eigenvalue weighted by atomic mass is 16.5. The zero-order valence-corrected chi connectivity index (χ0v) is 18.9. The quantitative estimate of drug-likeness (QED) is 0.272. The lowest BCUT2D eigenvalue weighted by molar-refractivity contribution is -0.153. The Labute approximate surface area is 192 Å². The standard InChI is InChI=1S/C21H36N4O8/c1-14(27)24-16(9-15-10-22-13-23-15)21(31)25-5-4-7-32-6-2-3-8-33-20(18(29)12-26)19(30)17(28)11-25/h10,13,16-20,26,28-30H,2-9,11-12H2,1H3,(H,22,23)(H,24,27)/t16-,17+,18+,19+,20+/m0/s1. The molecular formula is C21H36N4O8. The van der Waals surface area contributed by atoms with Crippen molar-refractivity contribution in [1.82, 2.24) is 20.2 Å². The second kappa shape index (κ2) is 14.2. The Morgan fingerprint density at radius 1 is 1.27 bits per heavy atom. The van der Waals surface area contributed by atoms with Crippen LogP contribution >= 0.6 is 0 Å². The molecule has 2 heterocycles. The average Bonchev–Trinajstić information content (AvgIpc) is 3.30. The van der Waals surface area contributed by atoms with Crippen LogP contribution in [0.1, 0.15) is 31.9 Å². The third kappa shape index (κ3) is 8.99. The van der Waals surface area contributed by atoms with Crippen LogP contribution in [0.3, 0.4) is 0 Å². The number of carbonyl (C=O) groups excluding carboxylic acids is 2. The Hall–Kier alpha value is -2.09. The van der Waals surface area contributed by atoms with Crippen molar-refractivity contribution < 1.29 is 39.5 Å². The first-order chi connectivity index (χ1) is 15.8. The van der Waals surface area contributed by atoms with E-state index in [0.29, 0.717) is 38.2 Å². The molecule has 1 fully saturated rings. The van der Waals surface area contributed by atoms with Gasteiger partial charge in [0.05, 0.1) is 12.9 Å². The van der Waals surface area contributed by atoms with Crippen LogP contribution in [0.25, 0.3) is 0 Å². The van der Waals surface area contributed by atoms with E-state index in [0.717, 1.165) is 0 Å². The van der Waals surface area contributed by atoms with Gasteiger partial charge in [-0.2, -0.15) is 0 Å². The average molecular weight is 473 g/mol. The molecule has 1 saturated heterocycles. The summed E-state index contributed by atoms with van der Waals surface area (Å²) in [6, 6.07) is -0.915. The lowest BCUT2D eigenvalue weighted by atomic mass is 10.0. The Balaban J connectivity index is 2.20. The summed E-state index contributed by atoms with van der Waals surface area (Å²) in [6.45, 7) is 1.69. The minimum Gasteiger partial charge on any atom is -0.394 e. The van der Waals surface area contributed by atoms with Gasteiger partial charge in [0, 0.05) is 58.1 Å². The molecule has 33 heavy (non-hydrogen) atoms. The van der Waals surface area contributed by atoms with E-state index in [1.54, 1.807) is 6.20 Å². The molecule has 12 nitrogen and oxygen atoms in total. The SMILES string of the molecule is CC(=O)N[C@@H](Cc1cnc[nH]1)C(=O)N1CCCOCCCCO[C@H]([C@H](O)CO)[C@H](O)[C@H](O)C1. The second-order valence-corrected chi connectivity index (χ2v) is 8.13. The first-order valence-electron chi connectivity index (χ1n) is 11.2. The van der Waals surface area contributed by atoms with E-state index in [1.807, 2.05) is 0 Å². The first-order valence-corrected chi connectivity index (χ1v) is 11.2. The number of aromatic amines is 1. The summed E-state index contributed by atoms with van der Waals surface area (Å²) in [5, 5.41) is 43.4. The zero-order valence-electron chi connectivity index (χ0n) is 18.9. The van der Waals surface area contributed by atoms with Crippen molar-refractivity contribution in [1.29, 1.82) is 0 Å². The van der Waals surface area contributed by atoms with E-state index in [2.05, 4.69) is 15.3 Å². The first kappa shape index (κ1) is 27.2. The molecule has 0 spiro atoms. The normalized spacial score (nSPS) is 25.6. The molecule has 1 aliphatic rings. The monoisotopic (exact) mass is 472 g/mol. The van der Waals surface area contributed by atoms with Crippen molar-refractivity contribution in [3.63, 3.8) is 0 Å². The molecule has 0 bridgehead atoms. The highest BCUT2D eigenvalue weighted by Gasteiger charge is 2.35. The number of rotatable bonds is 6. The highest BCUT2D eigenvalue weighted by molar-refractivity contribution is 5.87. The molecule has 6 N–H and O–H groups in total. The maximum atomic E-state index is 13.3. The van der Waals surface area contributed by atoms with Gasteiger partial charge in [-0.25, -0.2) is 4.98 Å². The summed E-state index contributed by atoms with van der Waals surface area (Å²) in [5.74, 6) is -0.836. The lowest BCUT2D eigenvalue weighted by Crippen LogP contribution is -2.55. The minimum absolute atomic E-state index is 0.166. The van der Waals surface area contributed by atoms with E-state index in [1.165, 1.54) is 18.2 Å². The van der Waals surface area contributed by atoms with Gasteiger partial charge in [-0.15, -0.1) is 0 Å². The van der Waals surface area contributed by atoms with Gasteiger partial charge < -0.3 is 45.1 Å². The number of aliphatic hydroxyl groups is 4. The van der Waals surface area contributed by atoms with Crippen LogP contribution in [0.15, 0.2) is 12.5 Å². The van der Waals surface area contributed by atoms with Gasteiger partial charge >= 0.3 is 0 Å². The Bertz CT molecular complexity index is 704. The summed E-state index contributed by atoms with van der Waals surface area (Å²) < 4.78 is 11.1. The summed E-state index contributed by atoms with van der Waals surface area (Å²) in [6.07, 6.45) is -0.665. The fourth-order valence-electron chi connectivity index (χ4n) is 3.65. The van der Waals surface area contributed by atoms with E-state index in [-0.39, 0.29) is 26.1 Å². The third-order valence-electron chi connectivity index (χ3n) is 5.38. The van der Waals surface area contributed by atoms with Gasteiger partial charge in [0.15, 0.2) is 0 Å². The topological polar surface area (TPSA) is 177 Å². The number of aromatic nitrogens is 2. The van der Waals surface area contributed by atoms with E-state index >= 15 is 0 Å². The number of ether oxygens (including phenoxy) is 2. The molecular weight excluding hydrogens is 436 g/mol. The van der Waals surface area contributed by atoms with Gasteiger partial charge in [-0.3, -0.25) is 9.59 Å². The van der Waals surface area contributed by atoms with Crippen LogP contribution in [0.2, 0.25) is 0 Å². The summed E-state index contributed by atoms with van der Waals surface area (Å²) >= 11 is 0. The van der Waals surface area contributed by atoms with Crippen molar-refractivity contribution in [3.05, 3.63) is 18.2 Å². The molecule has 188 valence electrons. The van der Waals surface area contributed by atoms with Crippen LogP contribution in [0.4, 0.5) is 0 Å². The van der Waals surface area contributed by atoms with Crippen LogP contribution < -0.4 is 5.32 Å². The van der Waals surface area contributed by atoms with Crippen LogP contribution in [-0.2, 0) is 25.5 Å². The molecule has 0 radical (unpaired) electrons. The van der Waals surface area contributed by atoms with Gasteiger partial charge in [0.1, 0.15) is 30.5 Å². The predicted octanol–water partition coefficient (Wildman–Crippen LogP) is -2.05. The smallest absolute Gasteiger partial charge is 0.245 e. The summed E-state index contributed by atoms with van der Waals surface area (Å²) in [7, 11) is 0. The van der Waals surface area contributed by atoms with E-state index in [9.17, 15) is 30.0 Å². The second-order valence-electron chi connectivity index (χ2n) is 8.13. The number of amides is 2. The minimum atomic E-state index is -1.55. The van der Waals surface area contributed by atoms with Gasteiger partial charge in [0.2, 0.25) is 11.8 Å². The molecule has 5 atom stereocenters. The maximum absolute atomic E-state index is 13.3. The number of carbonyl (C=O) groups is 2. The van der Waals surface area contributed by atoms with Crippen molar-refractivity contribution >= 4 is 11.8 Å². The molecule has 0 aliphatic carbocycles. The van der Waals surface area contributed by atoms with E-state index < -0.39 is 48.9 Å². The highest BCUT2D eigenvalue weighted by Crippen LogP contribution is 2.14. The molecule has 12 heteroatoms. The Morgan fingerprint density at radius 3 is 2.67 bits per heavy atom. The molecule has 1 aromatic heterocycles. The number of hydrogen-bond donors (Lipinski definition) is 6. The molecule has 2 amide bonds. The number of hydrogen-bond acceptors (Lipinski definition) is 9. The number of aliphatic hydroxyl groups excluding tert-OH is 4. The maximum Gasteiger partial charge on any atom is 0.245 e. The van der Waals surface area contributed by atoms with Crippen molar-refractivity contribution in [2.24, 2.45) is 0 Å². The third-order valence-corrected chi connectivity index (χ3v) is 5.38. The summed E-state index contributed by atoms with van der Waals surface area (Å²) in [5.41, 5.74) is 0.646. The van der Waals surface area contributed by atoms with Gasteiger partial charge in [-0.1, -0.05) is 0 Å². The predicted molar refractivity (Wildman–Crippen MR) is 116 cm³/mol. The fourth-order valence-corrected chi connectivity index (χ4v) is 3.65. The zero-order chi connectivity index (χ0) is 24.2. The number of nitrogens with zero attached hydrogens (tertiary/aromatic N) is 2. The molecule has 0 unspecified atom stereocenters. The van der Waals surface area contributed by atoms with Crippen LogP contribution in [0.5, 0.6) is 0 Å². The molecule has 0 aromatic carbocycles. The lowest BCUT2D eigenvalue weighted by Gasteiger charge is -2.34. The van der Waals surface area contributed by atoms with Crippen LogP contribution in [-0.4, -0.2) is 117 Å². The molecule has 2 rings (SSSR count). The van der Waals surface area contributed by atoms with Crippen molar-refractivity contribution in [2.45, 2.75) is 63.1 Å².